The van der Waals surface area contributed by atoms with Gasteiger partial charge in [0, 0.05) is 0 Å². The van der Waals surface area contributed by atoms with E-state index in [1.54, 1.807) is 12.7 Å². The van der Waals surface area contributed by atoms with Gasteiger partial charge < -0.3 is 0 Å². The van der Waals surface area contributed by atoms with Crippen LogP contribution < -0.4 is 25.9 Å². The molecule has 1 aromatic carbocycles. The van der Waals surface area contributed by atoms with E-state index < -0.39 is 0 Å². The number of halogens is 1. The van der Waals surface area contributed by atoms with Crippen LogP contribution in [0.5, 0.6) is 5.75 Å². The van der Waals surface area contributed by atoms with E-state index in [0.717, 1.165) is 5.75 Å². The number of benzene rings is 1. The van der Waals surface area contributed by atoms with Crippen molar-refractivity contribution in [1.29, 1.82) is 0 Å². The van der Waals surface area contributed by atoms with E-state index in [1.807, 2.05) is 0 Å². The summed E-state index contributed by atoms with van der Waals surface area (Å²) in [7, 11) is 1.79. The fourth-order valence-corrected chi connectivity index (χ4v) is 3.51. The summed E-state index contributed by atoms with van der Waals surface area (Å²) in [6, 6.07) is 4.64. The Morgan fingerprint density at radius 3 is 2.64 bits per heavy atom. The summed E-state index contributed by atoms with van der Waals surface area (Å²) in [5.41, 5.74) is 4.52. The van der Waals surface area contributed by atoms with Crippen molar-refractivity contribution in [3.05, 3.63) is 28.8 Å². The molecule has 0 saturated heterocycles. The van der Waals surface area contributed by atoms with Crippen LogP contribution in [0.4, 0.5) is 0 Å². The van der Waals surface area contributed by atoms with Crippen LogP contribution in [0.2, 0.25) is 0 Å². The van der Waals surface area contributed by atoms with Gasteiger partial charge in [-0.3, -0.25) is 0 Å². The van der Waals surface area contributed by atoms with Crippen LogP contribution in [-0.2, 0) is 17.3 Å². The van der Waals surface area contributed by atoms with Gasteiger partial charge in [-0.05, 0) is 0 Å². The van der Waals surface area contributed by atoms with E-state index in [-0.39, 0.29) is 0 Å². The van der Waals surface area contributed by atoms with Gasteiger partial charge in [0.2, 0.25) is 0 Å². The van der Waals surface area contributed by atoms with Crippen molar-refractivity contribution in [1.82, 2.24) is 0 Å². The van der Waals surface area contributed by atoms with Crippen LogP contribution in [0.1, 0.15) is 23.1 Å². The molecule has 2 rings (SSSR count). The third-order valence-electron chi connectivity index (χ3n) is 2.77. The fourth-order valence-electron chi connectivity index (χ4n) is 2.09. The second-order valence-corrected chi connectivity index (χ2v) is 5.98. The molecular weight excluding hydrogens is 287 g/mol. The molecule has 0 atom stereocenters. The summed E-state index contributed by atoms with van der Waals surface area (Å²) in [5.74, 6) is 1.12. The van der Waals surface area contributed by atoms with Gasteiger partial charge in [0.05, 0.1) is 0 Å². The number of hydrogen-bond acceptors (Lipinski definition) is 1. The number of fused-ring (bicyclic) bond motifs is 1. The van der Waals surface area contributed by atoms with Gasteiger partial charge in [0.25, 0.3) is 0 Å². The molecule has 78 valence electrons. The fraction of sp³-hybridized carbons (Fsp3) is 0.500. The number of alkyl halides is 2. The topological polar surface area (TPSA) is 9.23 Å². The van der Waals surface area contributed by atoms with Crippen molar-refractivity contribution in [3.63, 3.8) is 0 Å². The van der Waals surface area contributed by atoms with Crippen LogP contribution in [-0.4, -0.2) is 12.0 Å². The predicted octanol–water partition coefficient (Wildman–Crippen LogP) is -0.597. The van der Waals surface area contributed by atoms with E-state index in [2.05, 4.69) is 17.1 Å². The molecule has 0 amide bonds. The standard InChI is InChI=1S/C12H16IO/c1-13-8-11-6-9-4-3-5-10(9)7-12(11)14-2/h6-7H,3-5,8H2,1-2H3/q-1. The zero-order valence-corrected chi connectivity index (χ0v) is 10.9. The first kappa shape index (κ1) is 10.3. The van der Waals surface area contributed by atoms with Gasteiger partial charge in [-0.15, -0.1) is 0 Å². The molecule has 0 radical (unpaired) electrons. The third-order valence-corrected chi connectivity index (χ3v) is 4.36. The number of aryl methyl sites for hydroxylation is 2. The van der Waals surface area contributed by atoms with Crippen molar-refractivity contribution in [3.8, 4) is 5.75 Å². The number of rotatable bonds is 3. The molecule has 0 aromatic heterocycles. The summed E-state index contributed by atoms with van der Waals surface area (Å²) < 4.78 is 6.69. The summed E-state index contributed by atoms with van der Waals surface area (Å²) in [4.78, 5) is 2.32. The molecule has 1 aliphatic carbocycles. The summed E-state index contributed by atoms with van der Waals surface area (Å²) in [6.45, 7) is 0. The van der Waals surface area contributed by atoms with Gasteiger partial charge in [-0.25, -0.2) is 0 Å². The first-order chi connectivity index (χ1) is 6.85. The first-order valence-corrected chi connectivity index (χ1v) is 8.66. The minimum absolute atomic E-state index is 0.318. The molecule has 0 bridgehead atoms. The van der Waals surface area contributed by atoms with Gasteiger partial charge >= 0.3 is 96.2 Å². The van der Waals surface area contributed by atoms with Crippen LogP contribution in [0.15, 0.2) is 12.1 Å². The zero-order valence-electron chi connectivity index (χ0n) is 8.77. The average Bonchev–Trinajstić information content (AvgIpc) is 2.64. The van der Waals surface area contributed by atoms with E-state index in [9.17, 15) is 0 Å². The average molecular weight is 303 g/mol. The molecule has 1 nitrogen and oxygen atoms in total. The van der Waals surface area contributed by atoms with Crippen LogP contribution in [0, 0.1) is 0 Å². The Morgan fingerprint density at radius 1 is 1.29 bits per heavy atom. The zero-order chi connectivity index (χ0) is 9.97. The van der Waals surface area contributed by atoms with Gasteiger partial charge in [0.15, 0.2) is 0 Å². The Kier molecular flexibility index (Phi) is 3.31. The Balaban J connectivity index is 2.38. The normalized spacial score (nSPS) is 14.4. The molecule has 0 saturated carbocycles. The minimum atomic E-state index is 0.318. The first-order valence-electron chi connectivity index (χ1n) is 4.97. The molecule has 0 N–H and O–H groups in total. The summed E-state index contributed by atoms with van der Waals surface area (Å²) >= 11 is 0.318. The van der Waals surface area contributed by atoms with Crippen molar-refractivity contribution in [2.24, 2.45) is 0 Å². The number of ether oxygens (including phenoxy) is 1. The summed E-state index contributed by atoms with van der Waals surface area (Å²) in [6.07, 6.45) is 3.84. The van der Waals surface area contributed by atoms with Crippen molar-refractivity contribution in [2.45, 2.75) is 23.7 Å². The molecule has 0 heterocycles. The molecule has 1 aromatic rings. The molecule has 1 aliphatic rings. The number of methoxy groups -OCH3 is 1. The molecule has 2 heteroatoms. The van der Waals surface area contributed by atoms with Crippen LogP contribution in [0.25, 0.3) is 0 Å². The predicted molar refractivity (Wildman–Crippen MR) is 54.6 cm³/mol. The Morgan fingerprint density at radius 2 is 2.00 bits per heavy atom. The number of hydrogen-bond donors (Lipinski definition) is 0. The van der Waals surface area contributed by atoms with Crippen LogP contribution in [0.3, 0.4) is 0 Å². The van der Waals surface area contributed by atoms with E-state index in [1.165, 1.54) is 34.8 Å². The van der Waals surface area contributed by atoms with Crippen molar-refractivity contribution in [2.75, 3.05) is 12.0 Å². The maximum absolute atomic E-state index is 5.44. The Bertz CT molecular complexity index is 333. The maximum atomic E-state index is 5.44. The monoisotopic (exact) mass is 303 g/mol. The Hall–Kier alpha value is -0.250. The van der Waals surface area contributed by atoms with Gasteiger partial charge in [-0.1, -0.05) is 0 Å². The SMILES string of the molecule is COc1cc2c(cc1C[I-]C)CCC2. The molecular formula is C12H16IO-. The van der Waals surface area contributed by atoms with Crippen LogP contribution >= 0.6 is 0 Å². The molecule has 0 spiro atoms. The van der Waals surface area contributed by atoms with E-state index >= 15 is 0 Å². The molecule has 0 unspecified atom stereocenters. The van der Waals surface area contributed by atoms with Gasteiger partial charge in [-0.2, -0.15) is 0 Å². The Labute approximate surface area is 96.1 Å². The summed E-state index contributed by atoms with van der Waals surface area (Å²) in [5, 5.41) is 0. The van der Waals surface area contributed by atoms with Crippen molar-refractivity contribution >= 4 is 0 Å². The third kappa shape index (κ3) is 1.90. The quantitative estimate of drug-likeness (QED) is 0.535. The van der Waals surface area contributed by atoms with Crippen molar-refractivity contribution < 1.29 is 25.9 Å². The molecule has 0 aliphatic heterocycles. The van der Waals surface area contributed by atoms with E-state index in [0.29, 0.717) is 21.2 Å². The second kappa shape index (κ2) is 4.51. The molecule has 0 fully saturated rings. The van der Waals surface area contributed by atoms with Gasteiger partial charge in [0.1, 0.15) is 0 Å². The second-order valence-electron chi connectivity index (χ2n) is 3.69. The van der Waals surface area contributed by atoms with E-state index in [4.69, 9.17) is 4.74 Å². The molecule has 14 heavy (non-hydrogen) atoms.